The fourth-order valence-electron chi connectivity index (χ4n) is 0.731. The van der Waals surface area contributed by atoms with Crippen molar-refractivity contribution in [1.82, 2.24) is 5.32 Å². The molecule has 4 heteroatoms. The molecule has 0 aliphatic rings. The van der Waals surface area contributed by atoms with E-state index in [1.165, 1.54) is 0 Å². The second kappa shape index (κ2) is 4.90. The Morgan fingerprint density at radius 2 is 2.10 bits per heavy atom. The van der Waals surface area contributed by atoms with Gasteiger partial charge in [0.25, 0.3) is 0 Å². The topological polar surface area (TPSA) is 70.6 Å². The number of rotatable bonds is 3. The third-order valence-electron chi connectivity index (χ3n) is 1.45. The maximum absolute atomic E-state index is 8.18. The Kier molecular flexibility index (Phi) is 4.45. The van der Waals surface area contributed by atoms with Gasteiger partial charge in [0.05, 0.1) is 0 Å². The van der Waals surface area contributed by atoms with Gasteiger partial charge in [-0.05, 0) is 12.8 Å². The van der Waals surface area contributed by atoms with Crippen LogP contribution < -0.4 is 11.1 Å². The fraction of sp³-hybridized carbons (Fsp3) is 0.833. The van der Waals surface area contributed by atoms with Gasteiger partial charge in [-0.25, -0.2) is 0 Å². The Balaban J connectivity index is 3.63. The van der Waals surface area contributed by atoms with Gasteiger partial charge in [-0.15, -0.1) is 0 Å². The van der Waals surface area contributed by atoms with Crippen LogP contribution >= 0.6 is 0 Å². The predicted octanol–water partition coefficient (Wildman–Crippen LogP) is 0.469. The Morgan fingerprint density at radius 1 is 1.60 bits per heavy atom. The quantitative estimate of drug-likeness (QED) is 0.234. The van der Waals surface area contributed by atoms with Crippen molar-refractivity contribution in [3.8, 4) is 0 Å². The molecule has 0 aliphatic carbocycles. The summed E-state index contributed by atoms with van der Waals surface area (Å²) in [7, 11) is 0. The minimum atomic E-state index is 0.0914. The van der Waals surface area contributed by atoms with E-state index in [4.69, 9.17) is 10.9 Å². The number of guanidine groups is 1. The van der Waals surface area contributed by atoms with Crippen molar-refractivity contribution in [3.63, 3.8) is 0 Å². The Bertz CT molecular complexity index is 110. The first-order chi connectivity index (χ1) is 4.74. The normalized spacial score (nSPS) is 12.1. The standard InChI is InChI=1S/C6H15N3O/c1-3-5(4-2)8-6(7)9-10/h5,10H,3-4H2,1-2H3,(H3,7,8,9). The summed E-state index contributed by atoms with van der Waals surface area (Å²) in [5, 5.41) is 13.8. The average molecular weight is 145 g/mol. The van der Waals surface area contributed by atoms with Crippen LogP contribution in [0.5, 0.6) is 0 Å². The van der Waals surface area contributed by atoms with E-state index in [2.05, 4.69) is 10.5 Å². The number of hydrogen-bond acceptors (Lipinski definition) is 2. The molecule has 0 fully saturated rings. The van der Waals surface area contributed by atoms with Crippen LogP contribution in [0, 0.1) is 0 Å². The van der Waals surface area contributed by atoms with Gasteiger partial charge in [-0.3, -0.25) is 0 Å². The van der Waals surface area contributed by atoms with E-state index >= 15 is 0 Å². The summed E-state index contributed by atoms with van der Waals surface area (Å²) in [6.45, 7) is 4.09. The van der Waals surface area contributed by atoms with Crippen LogP contribution in [0.2, 0.25) is 0 Å². The highest BCUT2D eigenvalue weighted by molar-refractivity contribution is 5.77. The first-order valence-electron chi connectivity index (χ1n) is 3.48. The summed E-state index contributed by atoms with van der Waals surface area (Å²) in [6.07, 6.45) is 1.96. The zero-order valence-electron chi connectivity index (χ0n) is 6.46. The second-order valence-corrected chi connectivity index (χ2v) is 2.14. The summed E-state index contributed by atoms with van der Waals surface area (Å²) in [5.74, 6) is 0.0914. The lowest BCUT2D eigenvalue weighted by Gasteiger charge is -2.13. The lowest BCUT2D eigenvalue weighted by Crippen LogP contribution is -2.39. The number of nitrogens with two attached hydrogens (primary N) is 1. The summed E-state index contributed by atoms with van der Waals surface area (Å²) in [6, 6.07) is 0.316. The van der Waals surface area contributed by atoms with Gasteiger partial charge < -0.3 is 16.3 Å². The molecule has 0 radical (unpaired) electrons. The molecule has 0 amide bonds. The Morgan fingerprint density at radius 3 is 2.40 bits per heavy atom. The highest BCUT2D eigenvalue weighted by Crippen LogP contribution is 1.94. The van der Waals surface area contributed by atoms with Crippen molar-refractivity contribution in [2.45, 2.75) is 32.7 Å². The maximum atomic E-state index is 8.18. The van der Waals surface area contributed by atoms with E-state index in [9.17, 15) is 0 Å². The molecule has 10 heavy (non-hydrogen) atoms. The summed E-state index contributed by atoms with van der Waals surface area (Å²) in [4.78, 5) is 0. The molecule has 0 atom stereocenters. The van der Waals surface area contributed by atoms with E-state index in [1.807, 2.05) is 13.8 Å². The van der Waals surface area contributed by atoms with Crippen molar-refractivity contribution >= 4 is 5.96 Å². The van der Waals surface area contributed by atoms with Gasteiger partial charge in [0, 0.05) is 6.04 Å². The molecule has 0 aromatic rings. The fourth-order valence-corrected chi connectivity index (χ4v) is 0.731. The van der Waals surface area contributed by atoms with E-state index in [1.54, 1.807) is 0 Å². The van der Waals surface area contributed by atoms with E-state index < -0.39 is 0 Å². The first-order valence-corrected chi connectivity index (χ1v) is 3.48. The maximum Gasteiger partial charge on any atom is 0.230 e. The van der Waals surface area contributed by atoms with Gasteiger partial charge in [0.15, 0.2) is 0 Å². The molecule has 4 N–H and O–H groups in total. The van der Waals surface area contributed by atoms with Crippen LogP contribution in [-0.2, 0) is 0 Å². The molecule has 0 bridgehead atoms. The smallest absolute Gasteiger partial charge is 0.230 e. The van der Waals surface area contributed by atoms with Crippen LogP contribution in [0.25, 0.3) is 0 Å². The molecule has 0 aromatic carbocycles. The zero-order valence-corrected chi connectivity index (χ0v) is 6.46. The van der Waals surface area contributed by atoms with Crippen LogP contribution in [-0.4, -0.2) is 17.2 Å². The molecule has 0 heterocycles. The molecule has 0 rings (SSSR count). The number of nitrogens with zero attached hydrogens (tertiary/aromatic N) is 1. The number of oxime groups is 1. The van der Waals surface area contributed by atoms with Crippen LogP contribution in [0.4, 0.5) is 0 Å². The van der Waals surface area contributed by atoms with Crippen molar-refractivity contribution in [3.05, 3.63) is 0 Å². The van der Waals surface area contributed by atoms with Crippen molar-refractivity contribution in [1.29, 1.82) is 0 Å². The monoisotopic (exact) mass is 145 g/mol. The van der Waals surface area contributed by atoms with Crippen molar-refractivity contribution < 1.29 is 5.21 Å². The molecule has 0 spiro atoms. The minimum Gasteiger partial charge on any atom is -0.408 e. The van der Waals surface area contributed by atoms with Crippen LogP contribution in [0.3, 0.4) is 0 Å². The van der Waals surface area contributed by atoms with Crippen molar-refractivity contribution in [2.24, 2.45) is 10.9 Å². The molecular weight excluding hydrogens is 130 g/mol. The zero-order chi connectivity index (χ0) is 7.98. The van der Waals surface area contributed by atoms with Gasteiger partial charge in [0.2, 0.25) is 5.96 Å². The molecule has 0 unspecified atom stereocenters. The lowest BCUT2D eigenvalue weighted by atomic mass is 10.2. The largest absolute Gasteiger partial charge is 0.408 e. The lowest BCUT2D eigenvalue weighted by molar-refractivity contribution is 0.314. The van der Waals surface area contributed by atoms with E-state index in [-0.39, 0.29) is 5.96 Å². The summed E-state index contributed by atoms with van der Waals surface area (Å²) < 4.78 is 0. The summed E-state index contributed by atoms with van der Waals surface area (Å²) >= 11 is 0. The molecule has 60 valence electrons. The number of hydrogen-bond donors (Lipinski definition) is 3. The van der Waals surface area contributed by atoms with Gasteiger partial charge in [-0.1, -0.05) is 19.0 Å². The Labute approximate surface area is 61.1 Å². The SMILES string of the molecule is CCC(CC)N/C(N)=N\O. The molecule has 0 saturated carbocycles. The average Bonchev–Trinajstić information content (AvgIpc) is 1.99. The highest BCUT2D eigenvalue weighted by atomic mass is 16.4. The third kappa shape index (κ3) is 3.17. The molecule has 0 saturated heterocycles. The van der Waals surface area contributed by atoms with Crippen molar-refractivity contribution in [2.75, 3.05) is 0 Å². The van der Waals surface area contributed by atoms with Crippen LogP contribution in [0.1, 0.15) is 26.7 Å². The predicted molar refractivity (Wildman–Crippen MR) is 40.9 cm³/mol. The minimum absolute atomic E-state index is 0.0914. The Hall–Kier alpha value is -0.930. The van der Waals surface area contributed by atoms with Crippen LogP contribution in [0.15, 0.2) is 5.16 Å². The highest BCUT2D eigenvalue weighted by Gasteiger charge is 2.02. The van der Waals surface area contributed by atoms with E-state index in [0.29, 0.717) is 6.04 Å². The van der Waals surface area contributed by atoms with Gasteiger partial charge in [0.1, 0.15) is 0 Å². The molecular formula is C6H15N3O. The van der Waals surface area contributed by atoms with Gasteiger partial charge >= 0.3 is 0 Å². The molecule has 4 nitrogen and oxygen atoms in total. The second-order valence-electron chi connectivity index (χ2n) is 2.14. The van der Waals surface area contributed by atoms with Gasteiger partial charge in [-0.2, -0.15) is 0 Å². The van der Waals surface area contributed by atoms with E-state index in [0.717, 1.165) is 12.8 Å². The summed E-state index contributed by atoms with van der Waals surface area (Å²) in [5.41, 5.74) is 5.21. The third-order valence-corrected chi connectivity index (χ3v) is 1.45. The molecule has 0 aromatic heterocycles. The molecule has 0 aliphatic heterocycles. The number of nitrogens with one attached hydrogen (secondary N) is 1. The first kappa shape index (κ1) is 9.07.